The van der Waals surface area contributed by atoms with Gasteiger partial charge >= 0.3 is 0 Å². The summed E-state index contributed by atoms with van der Waals surface area (Å²) < 4.78 is 0. The highest BCUT2D eigenvalue weighted by molar-refractivity contribution is 5.67. The molecule has 1 aromatic rings. The Morgan fingerprint density at radius 3 is 2.75 bits per heavy atom. The van der Waals surface area contributed by atoms with Gasteiger partial charge in [-0.3, -0.25) is 4.98 Å². The van der Waals surface area contributed by atoms with Gasteiger partial charge < -0.3 is 4.90 Å². The second-order valence-corrected chi connectivity index (χ2v) is 4.79. The van der Waals surface area contributed by atoms with E-state index in [1.165, 1.54) is 30.4 Å². The van der Waals surface area contributed by atoms with Gasteiger partial charge in [-0.1, -0.05) is 6.08 Å². The maximum Gasteiger partial charge on any atom is 0.0273 e. The Hall–Kier alpha value is -1.15. The van der Waals surface area contributed by atoms with Crippen LogP contribution in [0.4, 0.5) is 0 Å². The van der Waals surface area contributed by atoms with Crippen LogP contribution < -0.4 is 0 Å². The average Bonchev–Trinajstić information content (AvgIpc) is 2.30. The van der Waals surface area contributed by atoms with Crippen LogP contribution in [0.1, 0.15) is 24.8 Å². The molecule has 1 atom stereocenters. The predicted octanol–water partition coefficient (Wildman–Crippen LogP) is 2.83. The summed E-state index contributed by atoms with van der Waals surface area (Å²) in [7, 11) is 4.30. The van der Waals surface area contributed by atoms with Crippen LogP contribution in [-0.2, 0) is 0 Å². The lowest BCUT2D eigenvalue weighted by atomic mass is 9.84. The molecule has 1 unspecified atom stereocenters. The summed E-state index contributed by atoms with van der Waals surface area (Å²) in [5.74, 6) is 0.686. The van der Waals surface area contributed by atoms with Gasteiger partial charge in [-0.25, -0.2) is 0 Å². The predicted molar refractivity (Wildman–Crippen MR) is 68.1 cm³/mol. The maximum absolute atomic E-state index is 4.09. The Bertz CT molecular complexity index is 354. The lowest BCUT2D eigenvalue weighted by Gasteiger charge is -2.27. The number of nitrogens with zero attached hydrogens (tertiary/aromatic N) is 2. The maximum atomic E-state index is 4.09. The fourth-order valence-corrected chi connectivity index (χ4v) is 2.47. The first-order valence-electron chi connectivity index (χ1n) is 6.02. The van der Waals surface area contributed by atoms with E-state index in [9.17, 15) is 0 Å². The number of aromatic nitrogens is 1. The van der Waals surface area contributed by atoms with Gasteiger partial charge in [0.25, 0.3) is 0 Å². The van der Waals surface area contributed by atoms with Crippen LogP contribution in [0, 0.1) is 5.92 Å². The summed E-state index contributed by atoms with van der Waals surface area (Å²) in [6, 6.07) is 4.25. The lowest BCUT2D eigenvalue weighted by Crippen LogP contribution is -2.24. The first-order valence-corrected chi connectivity index (χ1v) is 6.02. The van der Waals surface area contributed by atoms with Gasteiger partial charge in [0.1, 0.15) is 0 Å². The Kier molecular flexibility index (Phi) is 3.73. The van der Waals surface area contributed by atoms with Gasteiger partial charge in [-0.2, -0.15) is 0 Å². The summed E-state index contributed by atoms with van der Waals surface area (Å²) in [5, 5.41) is 0. The van der Waals surface area contributed by atoms with E-state index in [1.54, 1.807) is 0 Å². The summed E-state index contributed by atoms with van der Waals surface area (Å²) in [4.78, 5) is 6.37. The molecule has 1 heterocycles. The molecular weight excluding hydrogens is 196 g/mol. The van der Waals surface area contributed by atoms with E-state index >= 15 is 0 Å². The van der Waals surface area contributed by atoms with Gasteiger partial charge in [-0.15, -0.1) is 0 Å². The second-order valence-electron chi connectivity index (χ2n) is 4.79. The molecule has 1 aliphatic rings. The topological polar surface area (TPSA) is 16.1 Å². The number of allylic oxidation sites excluding steroid dienone is 1. The molecule has 0 radical (unpaired) electrons. The molecule has 0 saturated heterocycles. The highest BCUT2D eigenvalue weighted by Gasteiger charge is 2.19. The van der Waals surface area contributed by atoms with Gasteiger partial charge in [-0.05, 0) is 62.5 Å². The third-order valence-electron chi connectivity index (χ3n) is 3.16. The van der Waals surface area contributed by atoms with Gasteiger partial charge in [0.05, 0.1) is 0 Å². The Morgan fingerprint density at radius 2 is 2.06 bits per heavy atom. The molecule has 0 aliphatic heterocycles. The lowest BCUT2D eigenvalue weighted by molar-refractivity contribution is 0.347. The van der Waals surface area contributed by atoms with Crippen LogP contribution in [-0.4, -0.2) is 30.5 Å². The minimum absolute atomic E-state index is 0.686. The molecule has 0 spiro atoms. The van der Waals surface area contributed by atoms with Crippen LogP contribution in [0.15, 0.2) is 30.6 Å². The SMILES string of the molecule is CN(C)CC1CCCC=C1c1ccncc1. The van der Waals surface area contributed by atoms with Gasteiger partial charge in [0, 0.05) is 18.9 Å². The summed E-state index contributed by atoms with van der Waals surface area (Å²) in [6.07, 6.45) is 10.0. The van der Waals surface area contributed by atoms with Crippen molar-refractivity contribution < 1.29 is 0 Å². The van der Waals surface area contributed by atoms with E-state index in [0.717, 1.165) is 6.54 Å². The van der Waals surface area contributed by atoms with E-state index in [0.29, 0.717) is 5.92 Å². The summed E-state index contributed by atoms with van der Waals surface area (Å²) >= 11 is 0. The molecule has 0 aromatic carbocycles. The van der Waals surface area contributed by atoms with Crippen molar-refractivity contribution in [2.24, 2.45) is 5.92 Å². The minimum atomic E-state index is 0.686. The van der Waals surface area contributed by atoms with E-state index in [-0.39, 0.29) is 0 Å². The summed E-state index contributed by atoms with van der Waals surface area (Å²) in [6.45, 7) is 1.15. The van der Waals surface area contributed by atoms with Crippen molar-refractivity contribution in [2.75, 3.05) is 20.6 Å². The Morgan fingerprint density at radius 1 is 1.31 bits per heavy atom. The number of pyridine rings is 1. The number of rotatable bonds is 3. The van der Waals surface area contributed by atoms with Crippen LogP contribution in [0.25, 0.3) is 5.57 Å². The van der Waals surface area contributed by atoms with E-state index < -0.39 is 0 Å². The highest BCUT2D eigenvalue weighted by Crippen LogP contribution is 2.32. The van der Waals surface area contributed by atoms with Crippen LogP contribution in [0.2, 0.25) is 0 Å². The number of hydrogen-bond acceptors (Lipinski definition) is 2. The van der Waals surface area contributed by atoms with Gasteiger partial charge in [0.2, 0.25) is 0 Å². The van der Waals surface area contributed by atoms with E-state index in [4.69, 9.17) is 0 Å². The first kappa shape index (κ1) is 11.3. The standard InChI is InChI=1S/C14H20N2/c1-16(2)11-13-5-3-4-6-14(13)12-7-9-15-10-8-12/h6-10,13H,3-5,11H2,1-2H3. The van der Waals surface area contributed by atoms with Crippen molar-refractivity contribution in [1.29, 1.82) is 0 Å². The third-order valence-corrected chi connectivity index (χ3v) is 3.16. The zero-order valence-electron chi connectivity index (χ0n) is 10.2. The molecule has 1 aliphatic carbocycles. The molecule has 16 heavy (non-hydrogen) atoms. The van der Waals surface area contributed by atoms with Crippen LogP contribution in [0.5, 0.6) is 0 Å². The molecule has 2 heteroatoms. The second kappa shape index (κ2) is 5.26. The Labute approximate surface area is 98.0 Å². The normalized spacial score (nSPS) is 20.9. The van der Waals surface area contributed by atoms with Crippen molar-refractivity contribution >= 4 is 5.57 Å². The van der Waals surface area contributed by atoms with Crippen LogP contribution >= 0.6 is 0 Å². The molecule has 0 saturated carbocycles. The largest absolute Gasteiger partial charge is 0.309 e. The molecule has 0 fully saturated rings. The molecule has 2 rings (SSSR count). The quantitative estimate of drug-likeness (QED) is 0.772. The van der Waals surface area contributed by atoms with Crippen molar-refractivity contribution in [3.05, 3.63) is 36.2 Å². The van der Waals surface area contributed by atoms with E-state index in [1.807, 2.05) is 12.4 Å². The van der Waals surface area contributed by atoms with Crippen molar-refractivity contribution in [3.63, 3.8) is 0 Å². The first-order chi connectivity index (χ1) is 7.77. The third kappa shape index (κ3) is 2.70. The fraction of sp³-hybridized carbons (Fsp3) is 0.500. The van der Waals surface area contributed by atoms with Crippen molar-refractivity contribution in [3.8, 4) is 0 Å². The van der Waals surface area contributed by atoms with Gasteiger partial charge in [0.15, 0.2) is 0 Å². The minimum Gasteiger partial charge on any atom is -0.309 e. The highest BCUT2D eigenvalue weighted by atomic mass is 15.1. The average molecular weight is 216 g/mol. The van der Waals surface area contributed by atoms with Crippen LogP contribution in [0.3, 0.4) is 0 Å². The monoisotopic (exact) mass is 216 g/mol. The molecular formula is C14H20N2. The molecule has 0 bridgehead atoms. The zero-order valence-corrected chi connectivity index (χ0v) is 10.2. The van der Waals surface area contributed by atoms with E-state index in [2.05, 4.69) is 42.2 Å². The molecule has 1 aromatic heterocycles. The van der Waals surface area contributed by atoms with Crippen molar-refractivity contribution in [1.82, 2.24) is 9.88 Å². The number of hydrogen-bond donors (Lipinski definition) is 0. The molecule has 86 valence electrons. The molecule has 0 N–H and O–H groups in total. The smallest absolute Gasteiger partial charge is 0.0273 e. The zero-order chi connectivity index (χ0) is 11.4. The fourth-order valence-electron chi connectivity index (χ4n) is 2.47. The molecule has 0 amide bonds. The Balaban J connectivity index is 2.20. The summed E-state index contributed by atoms with van der Waals surface area (Å²) in [5.41, 5.74) is 2.86. The molecule has 2 nitrogen and oxygen atoms in total. The van der Waals surface area contributed by atoms with Crippen molar-refractivity contribution in [2.45, 2.75) is 19.3 Å².